The van der Waals surface area contributed by atoms with Crippen LogP contribution in [0.1, 0.15) is 46.6 Å². The van der Waals surface area contributed by atoms with Gasteiger partial charge in [-0.2, -0.15) is 10.4 Å². The molecule has 0 spiro atoms. The van der Waals surface area contributed by atoms with Gasteiger partial charge in [0.05, 0.1) is 22.9 Å². The van der Waals surface area contributed by atoms with Gasteiger partial charge in [0.15, 0.2) is 5.82 Å². The maximum atomic E-state index is 12.5. The van der Waals surface area contributed by atoms with Gasteiger partial charge in [-0.1, -0.05) is 30.3 Å². The number of nitrogens with one attached hydrogen (secondary N) is 2. The molecule has 0 bridgehead atoms. The summed E-state index contributed by atoms with van der Waals surface area (Å²) in [5, 5.41) is 19.5. The van der Waals surface area contributed by atoms with Crippen LogP contribution in [-0.2, 0) is 18.6 Å². The third kappa shape index (κ3) is 3.17. The molecule has 2 N–H and O–H groups in total. The zero-order valence-electron chi connectivity index (χ0n) is 15.9. The van der Waals surface area contributed by atoms with E-state index >= 15 is 0 Å². The number of benzene rings is 2. The van der Waals surface area contributed by atoms with Crippen LogP contribution < -0.4 is 5.32 Å². The Kier molecular flexibility index (Phi) is 4.46. The van der Waals surface area contributed by atoms with Crippen molar-refractivity contribution in [1.82, 2.24) is 15.1 Å². The normalized spacial score (nSPS) is 15.0. The molecule has 2 heterocycles. The van der Waals surface area contributed by atoms with Gasteiger partial charge in [-0.15, -0.1) is 0 Å². The molecule has 0 atom stereocenters. The van der Waals surface area contributed by atoms with Crippen LogP contribution in [0.2, 0.25) is 0 Å². The van der Waals surface area contributed by atoms with Gasteiger partial charge in [-0.25, -0.2) is 0 Å². The fourth-order valence-electron chi connectivity index (χ4n) is 3.66. The van der Waals surface area contributed by atoms with Crippen molar-refractivity contribution in [2.24, 2.45) is 0 Å². The number of H-pyrrole nitrogens is 1. The van der Waals surface area contributed by atoms with Crippen molar-refractivity contribution in [1.29, 1.82) is 5.26 Å². The van der Waals surface area contributed by atoms with Crippen LogP contribution in [0.4, 0.5) is 5.82 Å². The molecule has 0 saturated carbocycles. The van der Waals surface area contributed by atoms with Gasteiger partial charge >= 0.3 is 0 Å². The first-order valence-electron chi connectivity index (χ1n) is 9.17. The number of nitrogens with zero attached hydrogens (tertiary/aromatic N) is 3. The van der Waals surface area contributed by atoms with Crippen molar-refractivity contribution < 1.29 is 4.79 Å². The Hall–Kier alpha value is -3.43. The van der Waals surface area contributed by atoms with Crippen molar-refractivity contribution >= 4 is 11.7 Å². The molecule has 0 unspecified atom stereocenters. The van der Waals surface area contributed by atoms with Crippen LogP contribution in [0.3, 0.4) is 0 Å². The highest BCUT2D eigenvalue weighted by molar-refractivity contribution is 6.04. The molecule has 28 heavy (non-hydrogen) atoms. The average molecular weight is 371 g/mol. The van der Waals surface area contributed by atoms with Crippen molar-refractivity contribution in [3.63, 3.8) is 0 Å². The molecular weight excluding hydrogens is 350 g/mol. The van der Waals surface area contributed by atoms with Crippen LogP contribution in [0.5, 0.6) is 0 Å². The molecule has 0 fully saturated rings. The first-order valence-corrected chi connectivity index (χ1v) is 9.17. The third-order valence-electron chi connectivity index (χ3n) is 5.32. The lowest BCUT2D eigenvalue weighted by molar-refractivity contribution is 0.102. The Labute approximate surface area is 163 Å². The molecule has 0 saturated heterocycles. The molecule has 4 rings (SSSR count). The first-order chi connectivity index (χ1) is 13.5. The molecule has 1 amide bonds. The Morgan fingerprint density at radius 2 is 2.04 bits per heavy atom. The molecule has 6 heteroatoms. The molecule has 0 radical (unpaired) electrons. The predicted octanol–water partition coefficient (Wildman–Crippen LogP) is 3.78. The van der Waals surface area contributed by atoms with Gasteiger partial charge in [-0.3, -0.25) is 14.8 Å². The van der Waals surface area contributed by atoms with E-state index < -0.39 is 0 Å². The van der Waals surface area contributed by atoms with E-state index in [2.05, 4.69) is 40.3 Å². The van der Waals surface area contributed by atoms with Crippen molar-refractivity contribution in [2.75, 3.05) is 5.32 Å². The number of anilines is 1. The second kappa shape index (κ2) is 6.95. The number of rotatable bonds is 4. The smallest absolute Gasteiger partial charge is 0.256 e. The average Bonchev–Trinajstić information content (AvgIpc) is 3.21. The Bertz CT molecular complexity index is 1060. The quantitative estimate of drug-likeness (QED) is 0.731. The maximum absolute atomic E-state index is 12.5. The van der Waals surface area contributed by atoms with E-state index in [4.69, 9.17) is 5.26 Å². The van der Waals surface area contributed by atoms with E-state index in [-0.39, 0.29) is 11.4 Å². The number of amides is 1. The fraction of sp³-hybridized carbons (Fsp3) is 0.227. The minimum absolute atomic E-state index is 0.173. The van der Waals surface area contributed by atoms with E-state index in [1.807, 2.05) is 42.5 Å². The SMILES string of the molecule is CC1(C)c2[nH]nc(NC(=O)c3ccccc3)c2CN1Cc1cccc(C#N)c1. The van der Waals surface area contributed by atoms with Crippen LogP contribution in [0, 0.1) is 11.3 Å². The largest absolute Gasteiger partial charge is 0.305 e. The fourth-order valence-corrected chi connectivity index (χ4v) is 3.66. The predicted molar refractivity (Wildman–Crippen MR) is 106 cm³/mol. The highest BCUT2D eigenvalue weighted by Gasteiger charge is 2.41. The number of carbonyl (C=O) groups excluding carboxylic acids is 1. The summed E-state index contributed by atoms with van der Waals surface area (Å²) in [6, 6.07) is 19.0. The highest BCUT2D eigenvalue weighted by Crippen LogP contribution is 2.41. The van der Waals surface area contributed by atoms with Gasteiger partial charge in [0.1, 0.15) is 0 Å². The molecular formula is C22H21N5O. The van der Waals surface area contributed by atoms with Crippen molar-refractivity contribution in [2.45, 2.75) is 32.5 Å². The summed E-state index contributed by atoms with van der Waals surface area (Å²) in [6.07, 6.45) is 0. The van der Waals surface area contributed by atoms with Gasteiger partial charge in [0.2, 0.25) is 0 Å². The Balaban J connectivity index is 1.56. The first kappa shape index (κ1) is 18.0. The lowest BCUT2D eigenvalue weighted by Gasteiger charge is -2.31. The van der Waals surface area contributed by atoms with Gasteiger partial charge in [-0.05, 0) is 43.7 Å². The van der Waals surface area contributed by atoms with Crippen LogP contribution in [0.25, 0.3) is 0 Å². The number of hydrogen-bond acceptors (Lipinski definition) is 4. The molecule has 140 valence electrons. The molecule has 1 aliphatic heterocycles. The lowest BCUT2D eigenvalue weighted by atomic mass is 10.00. The summed E-state index contributed by atoms with van der Waals surface area (Å²) in [7, 11) is 0. The highest BCUT2D eigenvalue weighted by atomic mass is 16.1. The molecule has 6 nitrogen and oxygen atoms in total. The van der Waals surface area contributed by atoms with E-state index in [0.29, 0.717) is 30.0 Å². The second-order valence-corrected chi connectivity index (χ2v) is 7.47. The topological polar surface area (TPSA) is 84.8 Å². The summed E-state index contributed by atoms with van der Waals surface area (Å²) < 4.78 is 0. The summed E-state index contributed by atoms with van der Waals surface area (Å²) in [5.41, 5.74) is 4.09. The van der Waals surface area contributed by atoms with E-state index in [0.717, 1.165) is 16.8 Å². The van der Waals surface area contributed by atoms with E-state index in [1.54, 1.807) is 12.1 Å². The number of nitriles is 1. The minimum Gasteiger partial charge on any atom is -0.305 e. The van der Waals surface area contributed by atoms with Crippen LogP contribution in [0.15, 0.2) is 54.6 Å². The number of fused-ring (bicyclic) bond motifs is 1. The lowest BCUT2D eigenvalue weighted by Crippen LogP contribution is -2.35. The van der Waals surface area contributed by atoms with Crippen LogP contribution in [-0.4, -0.2) is 21.0 Å². The number of aromatic amines is 1. The second-order valence-electron chi connectivity index (χ2n) is 7.47. The van der Waals surface area contributed by atoms with Crippen molar-refractivity contribution in [3.05, 3.63) is 82.5 Å². The summed E-state index contributed by atoms with van der Waals surface area (Å²) in [4.78, 5) is 14.8. The Morgan fingerprint density at radius 1 is 1.25 bits per heavy atom. The number of aromatic nitrogens is 2. The number of hydrogen-bond donors (Lipinski definition) is 2. The molecule has 3 aromatic rings. The summed E-state index contributed by atoms with van der Waals surface area (Å²) in [6.45, 7) is 5.64. The monoisotopic (exact) mass is 371 g/mol. The van der Waals surface area contributed by atoms with Gasteiger partial charge < -0.3 is 5.32 Å². The number of carbonyl (C=O) groups is 1. The van der Waals surface area contributed by atoms with E-state index in [9.17, 15) is 4.79 Å². The van der Waals surface area contributed by atoms with Crippen LogP contribution >= 0.6 is 0 Å². The van der Waals surface area contributed by atoms with Gasteiger partial charge in [0.25, 0.3) is 5.91 Å². The zero-order valence-corrected chi connectivity index (χ0v) is 15.9. The maximum Gasteiger partial charge on any atom is 0.256 e. The molecule has 1 aromatic heterocycles. The van der Waals surface area contributed by atoms with Gasteiger partial charge in [0, 0.05) is 24.2 Å². The standard InChI is InChI=1S/C22H21N5O/c1-22(2)19-18(14-27(22)13-16-8-6-7-15(11-16)12-23)20(26-25-19)24-21(28)17-9-4-3-5-10-17/h3-11H,13-14H2,1-2H3,(H2,24,25,26,28). The molecule has 0 aliphatic carbocycles. The minimum atomic E-state index is -0.263. The molecule has 1 aliphatic rings. The summed E-state index contributed by atoms with van der Waals surface area (Å²) >= 11 is 0. The molecule has 2 aromatic carbocycles. The van der Waals surface area contributed by atoms with E-state index in [1.165, 1.54) is 0 Å². The summed E-state index contributed by atoms with van der Waals surface area (Å²) in [5.74, 6) is 0.401. The third-order valence-corrected chi connectivity index (χ3v) is 5.32. The van der Waals surface area contributed by atoms with Crippen molar-refractivity contribution in [3.8, 4) is 6.07 Å². The zero-order chi connectivity index (χ0) is 19.7. The Morgan fingerprint density at radius 3 is 2.79 bits per heavy atom.